The van der Waals surface area contributed by atoms with Crippen molar-refractivity contribution in [2.45, 2.75) is 38.1 Å². The predicted octanol–water partition coefficient (Wildman–Crippen LogP) is 2.13. The second-order valence-corrected chi connectivity index (χ2v) is 5.11. The lowest BCUT2D eigenvalue weighted by Gasteiger charge is -2.32. The van der Waals surface area contributed by atoms with E-state index in [-0.39, 0.29) is 0 Å². The largest absolute Gasteiger partial charge is 0.356 e. The van der Waals surface area contributed by atoms with Gasteiger partial charge >= 0.3 is 0 Å². The number of aromatic nitrogens is 4. The summed E-state index contributed by atoms with van der Waals surface area (Å²) < 4.78 is 1.80. The Hall–Kier alpha value is -1.65. The molecule has 0 unspecified atom stereocenters. The average molecular weight is 245 g/mol. The molecule has 0 N–H and O–H groups in total. The zero-order valence-electron chi connectivity index (χ0n) is 11.0. The number of rotatable bonds is 2. The van der Waals surface area contributed by atoms with Crippen LogP contribution >= 0.6 is 0 Å². The SMILES string of the molecule is CN(c1ncnc2c1cnn2C)C1CCCCC1. The molecule has 2 aromatic heterocycles. The van der Waals surface area contributed by atoms with Crippen LogP contribution < -0.4 is 4.90 Å². The van der Waals surface area contributed by atoms with Gasteiger partial charge < -0.3 is 4.90 Å². The Labute approximate surface area is 107 Å². The summed E-state index contributed by atoms with van der Waals surface area (Å²) in [5.74, 6) is 1.01. The fraction of sp³-hybridized carbons (Fsp3) is 0.615. The summed E-state index contributed by atoms with van der Waals surface area (Å²) in [5.41, 5.74) is 0.905. The van der Waals surface area contributed by atoms with Gasteiger partial charge in [-0.3, -0.25) is 4.68 Å². The highest BCUT2D eigenvalue weighted by Crippen LogP contribution is 2.28. The second kappa shape index (κ2) is 4.55. The summed E-state index contributed by atoms with van der Waals surface area (Å²) in [5, 5.41) is 5.32. The lowest BCUT2D eigenvalue weighted by molar-refractivity contribution is 0.426. The number of hydrogen-bond acceptors (Lipinski definition) is 4. The molecule has 1 fully saturated rings. The third-order valence-electron chi connectivity index (χ3n) is 3.96. The third kappa shape index (κ3) is 1.83. The molecule has 1 saturated carbocycles. The predicted molar refractivity (Wildman–Crippen MR) is 71.6 cm³/mol. The van der Waals surface area contributed by atoms with E-state index in [9.17, 15) is 0 Å². The first-order valence-electron chi connectivity index (χ1n) is 6.63. The van der Waals surface area contributed by atoms with Crippen LogP contribution in [-0.2, 0) is 7.05 Å². The van der Waals surface area contributed by atoms with Gasteiger partial charge in [-0.2, -0.15) is 5.10 Å². The minimum Gasteiger partial charge on any atom is -0.356 e. The van der Waals surface area contributed by atoms with E-state index in [0.29, 0.717) is 6.04 Å². The number of nitrogens with zero attached hydrogens (tertiary/aromatic N) is 5. The van der Waals surface area contributed by atoms with Gasteiger partial charge in [0.2, 0.25) is 0 Å². The van der Waals surface area contributed by atoms with Crippen LogP contribution in [0.1, 0.15) is 32.1 Å². The van der Waals surface area contributed by atoms with E-state index in [2.05, 4.69) is 27.0 Å². The lowest BCUT2D eigenvalue weighted by atomic mass is 9.94. The van der Waals surface area contributed by atoms with Gasteiger partial charge in [-0.15, -0.1) is 0 Å². The molecule has 0 saturated heterocycles. The zero-order chi connectivity index (χ0) is 12.5. The Morgan fingerprint density at radius 2 is 2.00 bits per heavy atom. The van der Waals surface area contributed by atoms with Crippen molar-refractivity contribution in [3.63, 3.8) is 0 Å². The number of hydrogen-bond donors (Lipinski definition) is 0. The van der Waals surface area contributed by atoms with Gasteiger partial charge in [-0.05, 0) is 12.8 Å². The van der Waals surface area contributed by atoms with Crippen molar-refractivity contribution in [3.8, 4) is 0 Å². The van der Waals surface area contributed by atoms with E-state index in [1.54, 1.807) is 11.0 Å². The molecule has 1 aliphatic rings. The summed E-state index contributed by atoms with van der Waals surface area (Å²) in [7, 11) is 4.06. The minimum absolute atomic E-state index is 0.608. The molecule has 5 heteroatoms. The van der Waals surface area contributed by atoms with Crippen molar-refractivity contribution in [2.75, 3.05) is 11.9 Å². The van der Waals surface area contributed by atoms with Crippen LogP contribution in [-0.4, -0.2) is 32.8 Å². The molecular weight excluding hydrogens is 226 g/mol. The summed E-state index contributed by atoms with van der Waals surface area (Å²) in [6.45, 7) is 0. The van der Waals surface area contributed by atoms with Gasteiger partial charge in [0.05, 0.1) is 11.6 Å². The molecule has 0 radical (unpaired) electrons. The number of aryl methyl sites for hydroxylation is 1. The van der Waals surface area contributed by atoms with Crippen molar-refractivity contribution in [1.29, 1.82) is 0 Å². The van der Waals surface area contributed by atoms with Crippen molar-refractivity contribution in [2.24, 2.45) is 7.05 Å². The molecule has 2 aromatic rings. The Morgan fingerprint density at radius 3 is 2.78 bits per heavy atom. The maximum Gasteiger partial charge on any atom is 0.163 e. The molecule has 0 atom stereocenters. The highest BCUT2D eigenvalue weighted by atomic mass is 15.3. The number of anilines is 1. The fourth-order valence-electron chi connectivity index (χ4n) is 2.87. The molecule has 0 bridgehead atoms. The van der Waals surface area contributed by atoms with Crippen molar-refractivity contribution >= 4 is 16.9 Å². The standard InChI is InChI=1S/C13H19N5/c1-17(10-6-4-3-5-7-10)12-11-8-16-18(2)13(11)15-9-14-12/h8-10H,3-7H2,1-2H3. The molecule has 96 valence electrons. The van der Waals surface area contributed by atoms with Crippen LogP contribution in [0.25, 0.3) is 11.0 Å². The van der Waals surface area contributed by atoms with Gasteiger partial charge in [0.25, 0.3) is 0 Å². The van der Waals surface area contributed by atoms with E-state index in [0.717, 1.165) is 16.9 Å². The molecule has 0 aromatic carbocycles. The molecular formula is C13H19N5. The average Bonchev–Trinajstić information content (AvgIpc) is 2.81. The molecule has 3 rings (SSSR count). The Kier molecular flexibility index (Phi) is 2.89. The topological polar surface area (TPSA) is 46.8 Å². The molecule has 1 aliphatic carbocycles. The summed E-state index contributed by atoms with van der Waals surface area (Å²) >= 11 is 0. The van der Waals surface area contributed by atoms with Crippen LogP contribution in [0.4, 0.5) is 5.82 Å². The van der Waals surface area contributed by atoms with Crippen LogP contribution in [0, 0.1) is 0 Å². The maximum absolute atomic E-state index is 4.46. The molecule has 18 heavy (non-hydrogen) atoms. The quantitative estimate of drug-likeness (QED) is 0.813. The van der Waals surface area contributed by atoms with Crippen molar-refractivity contribution < 1.29 is 0 Å². The monoisotopic (exact) mass is 245 g/mol. The van der Waals surface area contributed by atoms with Gasteiger partial charge in [-0.1, -0.05) is 19.3 Å². The highest BCUT2D eigenvalue weighted by molar-refractivity contribution is 5.86. The summed E-state index contributed by atoms with van der Waals surface area (Å²) in [6, 6.07) is 0.608. The van der Waals surface area contributed by atoms with Gasteiger partial charge in [0.15, 0.2) is 5.65 Å². The lowest BCUT2D eigenvalue weighted by Crippen LogP contribution is -2.34. The van der Waals surface area contributed by atoms with E-state index in [1.807, 2.05) is 13.2 Å². The minimum atomic E-state index is 0.608. The molecule has 0 spiro atoms. The molecule has 2 heterocycles. The third-order valence-corrected chi connectivity index (χ3v) is 3.96. The normalized spacial score (nSPS) is 17.2. The molecule has 0 aliphatic heterocycles. The van der Waals surface area contributed by atoms with Gasteiger partial charge in [0.1, 0.15) is 12.1 Å². The Bertz CT molecular complexity index is 541. The van der Waals surface area contributed by atoms with E-state index in [4.69, 9.17) is 0 Å². The summed E-state index contributed by atoms with van der Waals surface area (Å²) in [6.07, 6.45) is 10.1. The highest BCUT2D eigenvalue weighted by Gasteiger charge is 2.21. The van der Waals surface area contributed by atoms with E-state index < -0.39 is 0 Å². The van der Waals surface area contributed by atoms with Crippen molar-refractivity contribution in [3.05, 3.63) is 12.5 Å². The van der Waals surface area contributed by atoms with Gasteiger partial charge in [0, 0.05) is 20.1 Å². The van der Waals surface area contributed by atoms with Crippen LogP contribution in [0.3, 0.4) is 0 Å². The Balaban J connectivity index is 1.97. The summed E-state index contributed by atoms with van der Waals surface area (Å²) in [4.78, 5) is 11.1. The first kappa shape index (κ1) is 11.4. The smallest absolute Gasteiger partial charge is 0.163 e. The zero-order valence-corrected chi connectivity index (χ0v) is 11.0. The van der Waals surface area contributed by atoms with E-state index >= 15 is 0 Å². The maximum atomic E-state index is 4.46. The Morgan fingerprint density at radius 1 is 1.22 bits per heavy atom. The van der Waals surface area contributed by atoms with Crippen LogP contribution in [0.15, 0.2) is 12.5 Å². The number of fused-ring (bicyclic) bond motifs is 1. The first-order chi connectivity index (χ1) is 8.77. The first-order valence-corrected chi connectivity index (χ1v) is 6.63. The van der Waals surface area contributed by atoms with Crippen molar-refractivity contribution in [1.82, 2.24) is 19.7 Å². The van der Waals surface area contributed by atoms with E-state index in [1.165, 1.54) is 32.1 Å². The van der Waals surface area contributed by atoms with Gasteiger partial charge in [-0.25, -0.2) is 9.97 Å². The molecule has 5 nitrogen and oxygen atoms in total. The van der Waals surface area contributed by atoms with Crippen LogP contribution in [0.5, 0.6) is 0 Å². The molecule has 0 amide bonds. The fourth-order valence-corrected chi connectivity index (χ4v) is 2.87. The van der Waals surface area contributed by atoms with Crippen LogP contribution in [0.2, 0.25) is 0 Å². The second-order valence-electron chi connectivity index (χ2n) is 5.11.